The summed E-state index contributed by atoms with van der Waals surface area (Å²) in [5, 5.41) is 0. The molecule has 0 N–H and O–H groups in total. The van der Waals surface area contributed by atoms with Gasteiger partial charge in [-0.2, -0.15) is 0 Å². The third kappa shape index (κ3) is 6.04. The molecule has 0 aliphatic rings. The summed E-state index contributed by atoms with van der Waals surface area (Å²) < 4.78 is 0. The van der Waals surface area contributed by atoms with Crippen LogP contribution in [0, 0.1) is 11.3 Å². The Kier molecular flexibility index (Phi) is 5.78. The molecule has 19 heavy (non-hydrogen) atoms. The van der Waals surface area contributed by atoms with E-state index in [1.807, 2.05) is 12.1 Å². The van der Waals surface area contributed by atoms with Gasteiger partial charge in [0.25, 0.3) is 0 Å². The fraction of sp³-hybridized carbons (Fsp3) is 0.611. The van der Waals surface area contributed by atoms with Crippen LogP contribution in [0.15, 0.2) is 24.3 Å². The van der Waals surface area contributed by atoms with Gasteiger partial charge >= 0.3 is 0 Å². The number of hydrogen-bond donors (Lipinski definition) is 0. The van der Waals surface area contributed by atoms with Crippen molar-refractivity contribution in [3.05, 3.63) is 35.4 Å². The first-order chi connectivity index (χ1) is 8.81. The fourth-order valence-electron chi connectivity index (χ4n) is 2.74. The molecule has 0 aromatic heterocycles. The van der Waals surface area contributed by atoms with E-state index in [4.69, 9.17) is 0 Å². The number of hydrogen-bond acceptors (Lipinski definition) is 1. The zero-order valence-electron chi connectivity index (χ0n) is 13.1. The van der Waals surface area contributed by atoms with Gasteiger partial charge in [-0.05, 0) is 35.8 Å². The van der Waals surface area contributed by atoms with Crippen molar-refractivity contribution in [2.45, 2.75) is 60.3 Å². The Morgan fingerprint density at radius 3 is 2.53 bits per heavy atom. The van der Waals surface area contributed by atoms with Crippen LogP contribution < -0.4 is 0 Å². The summed E-state index contributed by atoms with van der Waals surface area (Å²) in [6.45, 7) is 11.0. The Bertz CT molecular complexity index is 412. The first-order valence-electron chi connectivity index (χ1n) is 7.44. The van der Waals surface area contributed by atoms with Crippen molar-refractivity contribution >= 4 is 5.78 Å². The van der Waals surface area contributed by atoms with Gasteiger partial charge < -0.3 is 0 Å². The van der Waals surface area contributed by atoms with Gasteiger partial charge in [-0.15, -0.1) is 0 Å². The molecule has 0 saturated heterocycles. The van der Waals surface area contributed by atoms with E-state index in [0.29, 0.717) is 17.8 Å². The van der Waals surface area contributed by atoms with Gasteiger partial charge in [0, 0.05) is 12.0 Å². The lowest BCUT2D eigenvalue weighted by molar-refractivity contribution is 0.0954. The first-order valence-corrected chi connectivity index (χ1v) is 7.44. The minimum Gasteiger partial charge on any atom is -0.294 e. The molecule has 1 heteroatoms. The SMILES string of the molecule is CCCc1cccc(C(=O)CC(C)CC(C)(C)C)c1. The molecule has 1 nitrogen and oxygen atoms in total. The highest BCUT2D eigenvalue weighted by Crippen LogP contribution is 2.27. The standard InChI is InChI=1S/C18H28O/c1-6-8-15-9-7-10-16(12-15)17(19)11-14(2)13-18(3,4)5/h7,9-10,12,14H,6,8,11,13H2,1-5H3. The van der Waals surface area contributed by atoms with Crippen molar-refractivity contribution in [2.24, 2.45) is 11.3 Å². The quantitative estimate of drug-likeness (QED) is 0.636. The van der Waals surface area contributed by atoms with E-state index >= 15 is 0 Å². The summed E-state index contributed by atoms with van der Waals surface area (Å²) in [5.41, 5.74) is 2.45. The topological polar surface area (TPSA) is 17.1 Å². The van der Waals surface area contributed by atoms with E-state index in [1.54, 1.807) is 0 Å². The average molecular weight is 260 g/mol. The lowest BCUT2D eigenvalue weighted by atomic mass is 9.83. The number of carbonyl (C=O) groups is 1. The second-order valence-electron chi connectivity index (χ2n) is 6.95. The van der Waals surface area contributed by atoms with Crippen molar-refractivity contribution in [3.63, 3.8) is 0 Å². The van der Waals surface area contributed by atoms with E-state index in [1.165, 1.54) is 5.56 Å². The van der Waals surface area contributed by atoms with Crippen molar-refractivity contribution in [1.82, 2.24) is 0 Å². The second-order valence-corrected chi connectivity index (χ2v) is 6.95. The van der Waals surface area contributed by atoms with Gasteiger partial charge in [-0.3, -0.25) is 4.79 Å². The molecule has 1 rings (SSSR count). The summed E-state index contributed by atoms with van der Waals surface area (Å²) in [6.07, 6.45) is 3.93. The lowest BCUT2D eigenvalue weighted by Crippen LogP contribution is -2.14. The molecule has 0 bridgehead atoms. The van der Waals surface area contributed by atoms with Crippen molar-refractivity contribution in [3.8, 4) is 0 Å². The minimum absolute atomic E-state index is 0.287. The van der Waals surface area contributed by atoms with Gasteiger partial charge in [0.05, 0.1) is 0 Å². The number of Topliss-reactive ketones (excluding diaryl/α,β-unsaturated/α-hetero) is 1. The fourth-order valence-corrected chi connectivity index (χ4v) is 2.74. The van der Waals surface area contributed by atoms with Crippen molar-refractivity contribution in [2.75, 3.05) is 0 Å². The minimum atomic E-state index is 0.287. The normalized spacial score (nSPS) is 13.3. The highest BCUT2D eigenvalue weighted by molar-refractivity contribution is 5.96. The van der Waals surface area contributed by atoms with E-state index in [0.717, 1.165) is 24.8 Å². The molecule has 0 spiro atoms. The third-order valence-corrected chi connectivity index (χ3v) is 3.28. The monoisotopic (exact) mass is 260 g/mol. The van der Waals surface area contributed by atoms with Crippen molar-refractivity contribution < 1.29 is 4.79 Å². The molecule has 0 saturated carbocycles. The maximum absolute atomic E-state index is 12.3. The van der Waals surface area contributed by atoms with Gasteiger partial charge in [0.15, 0.2) is 5.78 Å². The first kappa shape index (κ1) is 15.9. The van der Waals surface area contributed by atoms with Gasteiger partial charge in [-0.25, -0.2) is 0 Å². The summed E-state index contributed by atoms with van der Waals surface area (Å²) in [7, 11) is 0. The van der Waals surface area contributed by atoms with E-state index < -0.39 is 0 Å². The molecular weight excluding hydrogens is 232 g/mol. The zero-order chi connectivity index (χ0) is 14.5. The predicted octanol–water partition coefficient (Wildman–Crippen LogP) is 5.28. The summed E-state index contributed by atoms with van der Waals surface area (Å²) in [6, 6.07) is 8.13. The number of carbonyl (C=O) groups excluding carboxylic acids is 1. The lowest BCUT2D eigenvalue weighted by Gasteiger charge is -2.22. The van der Waals surface area contributed by atoms with Crippen LogP contribution in [0.2, 0.25) is 0 Å². The Labute approximate surface area is 118 Å². The summed E-state index contributed by atoms with van der Waals surface area (Å²) in [5.74, 6) is 0.733. The van der Waals surface area contributed by atoms with Crippen LogP contribution in [0.25, 0.3) is 0 Å². The highest BCUT2D eigenvalue weighted by Gasteiger charge is 2.18. The smallest absolute Gasteiger partial charge is 0.163 e. The maximum Gasteiger partial charge on any atom is 0.163 e. The predicted molar refractivity (Wildman–Crippen MR) is 82.6 cm³/mol. The van der Waals surface area contributed by atoms with Gasteiger partial charge in [-0.1, -0.05) is 59.2 Å². The molecule has 106 valence electrons. The molecule has 0 heterocycles. The van der Waals surface area contributed by atoms with Gasteiger partial charge in [0.1, 0.15) is 0 Å². The van der Waals surface area contributed by atoms with Crippen molar-refractivity contribution in [1.29, 1.82) is 0 Å². The molecule has 1 aromatic carbocycles. The molecule has 1 aromatic rings. The van der Waals surface area contributed by atoms with E-state index in [2.05, 4.69) is 46.8 Å². The molecule has 1 atom stereocenters. The van der Waals surface area contributed by atoms with Crippen LogP contribution >= 0.6 is 0 Å². The Balaban J connectivity index is 2.65. The number of rotatable bonds is 6. The Morgan fingerprint density at radius 1 is 1.26 bits per heavy atom. The van der Waals surface area contributed by atoms with Gasteiger partial charge in [0.2, 0.25) is 0 Å². The van der Waals surface area contributed by atoms with Crippen LogP contribution in [0.1, 0.15) is 69.8 Å². The molecule has 0 radical (unpaired) electrons. The Hall–Kier alpha value is -1.11. The molecule has 0 amide bonds. The summed E-state index contributed by atoms with van der Waals surface area (Å²) in [4.78, 5) is 12.3. The largest absolute Gasteiger partial charge is 0.294 e. The molecule has 1 unspecified atom stereocenters. The highest BCUT2D eigenvalue weighted by atomic mass is 16.1. The number of aryl methyl sites for hydroxylation is 1. The maximum atomic E-state index is 12.3. The zero-order valence-corrected chi connectivity index (χ0v) is 13.1. The van der Waals surface area contributed by atoms with Crippen LogP contribution in [-0.2, 0) is 6.42 Å². The molecule has 0 aliphatic heterocycles. The number of benzene rings is 1. The Morgan fingerprint density at radius 2 is 1.95 bits per heavy atom. The summed E-state index contributed by atoms with van der Waals surface area (Å²) >= 11 is 0. The second kappa shape index (κ2) is 6.88. The molecular formula is C18H28O. The van der Waals surface area contributed by atoms with Crippen LogP contribution in [-0.4, -0.2) is 5.78 Å². The van der Waals surface area contributed by atoms with Crippen LogP contribution in [0.3, 0.4) is 0 Å². The number of ketones is 1. The van der Waals surface area contributed by atoms with E-state index in [9.17, 15) is 4.79 Å². The average Bonchev–Trinajstić information content (AvgIpc) is 2.27. The van der Waals surface area contributed by atoms with Crippen LogP contribution in [0.4, 0.5) is 0 Å². The third-order valence-electron chi connectivity index (χ3n) is 3.28. The molecule has 0 fully saturated rings. The van der Waals surface area contributed by atoms with E-state index in [-0.39, 0.29) is 5.78 Å². The molecule has 0 aliphatic carbocycles. The van der Waals surface area contributed by atoms with Crippen LogP contribution in [0.5, 0.6) is 0 Å².